The molecular weight excluding hydrogens is 320 g/mol. The fourth-order valence-electron chi connectivity index (χ4n) is 2.95. The zero-order valence-corrected chi connectivity index (χ0v) is 14.1. The van der Waals surface area contributed by atoms with Crippen LogP contribution >= 0.6 is 11.8 Å². The minimum Gasteiger partial charge on any atom is -0.356 e. The lowest BCUT2D eigenvalue weighted by atomic mass is 10.2. The summed E-state index contributed by atoms with van der Waals surface area (Å²) in [5.41, 5.74) is 1.09. The van der Waals surface area contributed by atoms with Gasteiger partial charge in [-0.05, 0) is 37.1 Å². The van der Waals surface area contributed by atoms with Crippen molar-refractivity contribution in [1.29, 1.82) is 0 Å². The van der Waals surface area contributed by atoms with Crippen LogP contribution in [-0.2, 0) is 15.8 Å². The third-order valence-electron chi connectivity index (χ3n) is 3.91. The Morgan fingerprint density at radius 3 is 3.00 bits per heavy atom. The Kier molecular flexibility index (Phi) is 4.75. The largest absolute Gasteiger partial charge is 0.356 e. The molecule has 1 N–H and O–H groups in total. The molecule has 0 spiro atoms. The summed E-state index contributed by atoms with van der Waals surface area (Å²) in [5, 5.41) is 5.24. The molecule has 0 radical (unpaired) electrons. The van der Waals surface area contributed by atoms with E-state index in [-0.39, 0.29) is 11.8 Å². The molecule has 0 bridgehead atoms. The standard InChI is InChI=1S/C15H20N2O3S2/c1-2-21-12-8-7-11(9-12)17-22(18,19)10-14-13-5-3-4-6-15(13)20-16-14/h3-6,11-12,17H,2,7-10H2,1H3/t11-,12+/m1/s1. The molecule has 1 aromatic carbocycles. The van der Waals surface area contributed by atoms with Crippen molar-refractivity contribution in [2.75, 3.05) is 5.75 Å². The topological polar surface area (TPSA) is 72.2 Å². The Hall–Kier alpha value is -1.05. The molecule has 2 atom stereocenters. The molecule has 1 saturated carbocycles. The van der Waals surface area contributed by atoms with Crippen LogP contribution in [0.15, 0.2) is 28.8 Å². The van der Waals surface area contributed by atoms with E-state index in [0.717, 1.165) is 30.4 Å². The number of fused-ring (bicyclic) bond motifs is 1. The maximum absolute atomic E-state index is 12.4. The molecule has 1 heterocycles. The van der Waals surface area contributed by atoms with Crippen molar-refractivity contribution in [1.82, 2.24) is 9.88 Å². The molecule has 1 aliphatic rings. The van der Waals surface area contributed by atoms with Gasteiger partial charge in [-0.25, -0.2) is 13.1 Å². The van der Waals surface area contributed by atoms with Gasteiger partial charge in [0, 0.05) is 16.7 Å². The normalized spacial score (nSPS) is 22.4. The van der Waals surface area contributed by atoms with E-state index >= 15 is 0 Å². The van der Waals surface area contributed by atoms with E-state index in [4.69, 9.17) is 4.52 Å². The predicted molar refractivity (Wildman–Crippen MR) is 89.3 cm³/mol. The van der Waals surface area contributed by atoms with Crippen molar-refractivity contribution < 1.29 is 12.9 Å². The Labute approximate surface area is 134 Å². The maximum Gasteiger partial charge on any atom is 0.217 e. The second-order valence-corrected chi connectivity index (χ2v) is 8.92. The number of sulfonamides is 1. The minimum absolute atomic E-state index is 0.0483. The molecule has 22 heavy (non-hydrogen) atoms. The first-order valence-corrected chi connectivity index (χ1v) is 10.2. The highest BCUT2D eigenvalue weighted by atomic mass is 32.2. The van der Waals surface area contributed by atoms with Gasteiger partial charge >= 0.3 is 0 Å². The predicted octanol–water partition coefficient (Wildman–Crippen LogP) is 2.92. The van der Waals surface area contributed by atoms with Crippen LogP contribution in [0.4, 0.5) is 0 Å². The summed E-state index contributed by atoms with van der Waals surface area (Å²) >= 11 is 1.91. The van der Waals surface area contributed by atoms with E-state index < -0.39 is 10.0 Å². The lowest BCUT2D eigenvalue weighted by Crippen LogP contribution is -2.34. The summed E-state index contributed by atoms with van der Waals surface area (Å²) in [4.78, 5) is 0. The number of aromatic nitrogens is 1. The molecule has 120 valence electrons. The van der Waals surface area contributed by atoms with Crippen molar-refractivity contribution in [2.45, 2.75) is 43.2 Å². The number of hydrogen-bond donors (Lipinski definition) is 1. The summed E-state index contributed by atoms with van der Waals surface area (Å²) in [6, 6.07) is 7.36. The maximum atomic E-state index is 12.4. The number of rotatable bonds is 6. The van der Waals surface area contributed by atoms with Gasteiger partial charge < -0.3 is 4.52 Å². The average molecular weight is 340 g/mol. The summed E-state index contributed by atoms with van der Waals surface area (Å²) in [6.45, 7) is 2.14. The molecule has 3 rings (SSSR count). The van der Waals surface area contributed by atoms with Crippen molar-refractivity contribution >= 4 is 32.8 Å². The van der Waals surface area contributed by atoms with Crippen LogP contribution in [0, 0.1) is 0 Å². The van der Waals surface area contributed by atoms with Crippen LogP contribution in [0.2, 0.25) is 0 Å². The number of thioether (sulfide) groups is 1. The van der Waals surface area contributed by atoms with Crippen LogP contribution in [0.5, 0.6) is 0 Å². The highest BCUT2D eigenvalue weighted by molar-refractivity contribution is 7.99. The SMILES string of the molecule is CCS[C@H]1CC[C@@H](NS(=O)(=O)Cc2noc3ccccc23)C1. The van der Waals surface area contributed by atoms with Crippen molar-refractivity contribution in [2.24, 2.45) is 0 Å². The first kappa shape index (κ1) is 15.8. The van der Waals surface area contributed by atoms with Crippen LogP contribution in [0.1, 0.15) is 31.9 Å². The molecule has 5 nitrogen and oxygen atoms in total. The first-order valence-electron chi connectivity index (χ1n) is 7.52. The number of hydrogen-bond acceptors (Lipinski definition) is 5. The smallest absolute Gasteiger partial charge is 0.217 e. The lowest BCUT2D eigenvalue weighted by Gasteiger charge is -2.12. The summed E-state index contributed by atoms with van der Waals surface area (Å²) in [7, 11) is -3.40. The Balaban J connectivity index is 1.67. The second kappa shape index (κ2) is 6.60. The van der Waals surface area contributed by atoms with Crippen LogP contribution in [0.3, 0.4) is 0 Å². The molecule has 0 aliphatic heterocycles. The van der Waals surface area contributed by atoms with Gasteiger partial charge in [-0.1, -0.05) is 24.2 Å². The van der Waals surface area contributed by atoms with E-state index in [0.29, 0.717) is 16.5 Å². The highest BCUT2D eigenvalue weighted by Crippen LogP contribution is 2.30. The number of nitrogens with zero attached hydrogens (tertiary/aromatic N) is 1. The zero-order valence-electron chi connectivity index (χ0n) is 12.5. The van der Waals surface area contributed by atoms with Crippen molar-refractivity contribution in [3.05, 3.63) is 30.0 Å². The van der Waals surface area contributed by atoms with Gasteiger partial charge in [0.2, 0.25) is 10.0 Å². The van der Waals surface area contributed by atoms with Gasteiger partial charge in [0.15, 0.2) is 5.58 Å². The Morgan fingerprint density at radius 1 is 1.36 bits per heavy atom. The number of para-hydroxylation sites is 1. The molecule has 1 aliphatic carbocycles. The lowest BCUT2D eigenvalue weighted by molar-refractivity contribution is 0.448. The third kappa shape index (κ3) is 3.64. The molecule has 2 aromatic rings. The summed E-state index contributed by atoms with van der Waals surface area (Å²) in [5.74, 6) is 0.946. The van der Waals surface area contributed by atoms with Gasteiger partial charge in [0.1, 0.15) is 11.4 Å². The fourth-order valence-corrected chi connectivity index (χ4v) is 5.47. The van der Waals surface area contributed by atoms with Gasteiger partial charge in [0.05, 0.1) is 0 Å². The molecule has 0 amide bonds. The quantitative estimate of drug-likeness (QED) is 0.875. The molecule has 1 aromatic heterocycles. The molecule has 7 heteroatoms. The summed E-state index contributed by atoms with van der Waals surface area (Å²) < 4.78 is 32.7. The molecule has 1 fully saturated rings. The van der Waals surface area contributed by atoms with Crippen LogP contribution < -0.4 is 4.72 Å². The molecular formula is C15H20N2O3S2. The minimum atomic E-state index is -3.40. The van der Waals surface area contributed by atoms with E-state index in [2.05, 4.69) is 16.8 Å². The zero-order chi connectivity index (χ0) is 15.6. The van der Waals surface area contributed by atoms with Gasteiger partial charge in [-0.3, -0.25) is 0 Å². The first-order chi connectivity index (χ1) is 10.6. The van der Waals surface area contributed by atoms with E-state index in [1.807, 2.05) is 30.0 Å². The van der Waals surface area contributed by atoms with Gasteiger partial charge in [0.25, 0.3) is 0 Å². The van der Waals surface area contributed by atoms with Crippen LogP contribution in [-0.4, -0.2) is 30.6 Å². The fraction of sp³-hybridized carbons (Fsp3) is 0.533. The Bertz CT molecular complexity index is 742. The third-order valence-corrected chi connectivity index (χ3v) is 6.49. The Morgan fingerprint density at radius 2 is 2.18 bits per heavy atom. The molecule has 0 saturated heterocycles. The number of nitrogens with one attached hydrogen (secondary N) is 1. The van der Waals surface area contributed by atoms with Crippen molar-refractivity contribution in [3.8, 4) is 0 Å². The van der Waals surface area contributed by atoms with E-state index in [9.17, 15) is 8.42 Å². The second-order valence-electron chi connectivity index (χ2n) is 5.59. The summed E-state index contributed by atoms with van der Waals surface area (Å²) in [6.07, 6.45) is 2.91. The van der Waals surface area contributed by atoms with Gasteiger partial charge in [-0.2, -0.15) is 11.8 Å². The van der Waals surface area contributed by atoms with Crippen LogP contribution in [0.25, 0.3) is 11.0 Å². The highest BCUT2D eigenvalue weighted by Gasteiger charge is 2.28. The van der Waals surface area contributed by atoms with E-state index in [1.165, 1.54) is 0 Å². The molecule has 0 unspecified atom stereocenters. The average Bonchev–Trinajstić information content (AvgIpc) is 3.06. The van der Waals surface area contributed by atoms with Crippen molar-refractivity contribution in [3.63, 3.8) is 0 Å². The van der Waals surface area contributed by atoms with E-state index in [1.54, 1.807) is 6.07 Å². The van der Waals surface area contributed by atoms with Gasteiger partial charge in [-0.15, -0.1) is 0 Å². The monoisotopic (exact) mass is 340 g/mol. The number of benzene rings is 1.